The zero-order valence-corrected chi connectivity index (χ0v) is 10.4. The van der Waals surface area contributed by atoms with E-state index in [2.05, 4.69) is 14.8 Å². The van der Waals surface area contributed by atoms with Gasteiger partial charge in [0.15, 0.2) is 5.82 Å². The number of nitrogens with zero attached hydrogens (tertiary/aromatic N) is 3. The Morgan fingerprint density at radius 1 is 1.35 bits per heavy atom. The predicted octanol–water partition coefficient (Wildman–Crippen LogP) is 0.432. The highest BCUT2D eigenvalue weighted by Crippen LogP contribution is 2.24. The van der Waals surface area contributed by atoms with Gasteiger partial charge in [-0.3, -0.25) is 4.90 Å². The van der Waals surface area contributed by atoms with Crippen molar-refractivity contribution in [3.05, 3.63) is 17.3 Å². The lowest BCUT2D eigenvalue weighted by atomic mass is 10.3. The van der Waals surface area contributed by atoms with Gasteiger partial charge in [0.25, 0.3) is 0 Å². The summed E-state index contributed by atoms with van der Waals surface area (Å²) >= 11 is 5.82. The molecule has 0 saturated carbocycles. The van der Waals surface area contributed by atoms with Gasteiger partial charge >= 0.3 is 0 Å². The van der Waals surface area contributed by atoms with Gasteiger partial charge in [-0.25, -0.2) is 4.98 Å². The molecule has 0 spiro atoms. The Hall–Kier alpha value is -1.04. The number of rotatable bonds is 3. The van der Waals surface area contributed by atoms with E-state index in [0.29, 0.717) is 10.7 Å². The number of hydrogen-bond acceptors (Lipinski definition) is 5. The van der Waals surface area contributed by atoms with Gasteiger partial charge < -0.3 is 15.7 Å². The standard InChI is InChI=1S/C11H17ClN4O/c12-9-7-10(13)11(14-8-9)16-3-1-15(2-4-16)5-6-17/h7-8,17H,1-6,13H2. The van der Waals surface area contributed by atoms with Crippen LogP contribution in [0, 0.1) is 0 Å². The van der Waals surface area contributed by atoms with E-state index < -0.39 is 0 Å². The second-order valence-electron chi connectivity index (χ2n) is 4.12. The lowest BCUT2D eigenvalue weighted by molar-refractivity contribution is 0.188. The van der Waals surface area contributed by atoms with E-state index >= 15 is 0 Å². The van der Waals surface area contributed by atoms with E-state index in [-0.39, 0.29) is 6.61 Å². The van der Waals surface area contributed by atoms with E-state index in [1.54, 1.807) is 12.3 Å². The molecule has 3 N–H and O–H groups in total. The Bertz CT molecular complexity index is 380. The molecule has 1 aromatic heterocycles. The second kappa shape index (κ2) is 5.53. The number of halogens is 1. The van der Waals surface area contributed by atoms with Crippen molar-refractivity contribution < 1.29 is 5.11 Å². The van der Waals surface area contributed by atoms with E-state index in [1.807, 2.05) is 0 Å². The van der Waals surface area contributed by atoms with Gasteiger partial charge in [-0.1, -0.05) is 11.6 Å². The molecule has 17 heavy (non-hydrogen) atoms. The van der Waals surface area contributed by atoms with Gasteiger partial charge in [0.1, 0.15) is 0 Å². The number of nitrogen functional groups attached to an aromatic ring is 1. The Labute approximate surface area is 106 Å². The summed E-state index contributed by atoms with van der Waals surface area (Å²) in [5.41, 5.74) is 6.52. The van der Waals surface area contributed by atoms with E-state index in [0.717, 1.165) is 38.5 Å². The molecule has 1 aliphatic rings. The molecule has 0 amide bonds. The third-order valence-corrected chi connectivity index (χ3v) is 3.16. The monoisotopic (exact) mass is 256 g/mol. The Morgan fingerprint density at radius 3 is 2.65 bits per heavy atom. The summed E-state index contributed by atoms with van der Waals surface area (Å²) in [4.78, 5) is 8.65. The summed E-state index contributed by atoms with van der Waals surface area (Å²) in [5, 5.41) is 9.43. The fraction of sp³-hybridized carbons (Fsp3) is 0.545. The molecule has 0 unspecified atom stereocenters. The molecule has 0 bridgehead atoms. The van der Waals surface area contributed by atoms with Crippen LogP contribution in [-0.4, -0.2) is 54.3 Å². The molecular formula is C11H17ClN4O. The Morgan fingerprint density at radius 2 is 2.06 bits per heavy atom. The lowest BCUT2D eigenvalue weighted by Gasteiger charge is -2.35. The van der Waals surface area contributed by atoms with Gasteiger partial charge in [-0.05, 0) is 6.07 Å². The number of hydrogen-bond donors (Lipinski definition) is 2. The molecule has 94 valence electrons. The van der Waals surface area contributed by atoms with Crippen molar-refractivity contribution in [1.82, 2.24) is 9.88 Å². The third-order valence-electron chi connectivity index (χ3n) is 2.95. The van der Waals surface area contributed by atoms with Crippen molar-refractivity contribution in [2.75, 3.05) is 50.0 Å². The van der Waals surface area contributed by atoms with Gasteiger partial charge in [-0.2, -0.15) is 0 Å². The first-order valence-electron chi connectivity index (χ1n) is 5.70. The third kappa shape index (κ3) is 3.00. The van der Waals surface area contributed by atoms with Crippen LogP contribution in [0.2, 0.25) is 5.02 Å². The number of nitrogens with two attached hydrogens (primary N) is 1. The summed E-state index contributed by atoms with van der Waals surface area (Å²) in [5.74, 6) is 0.804. The van der Waals surface area contributed by atoms with Crippen LogP contribution in [0.1, 0.15) is 0 Å². The molecule has 6 heteroatoms. The fourth-order valence-corrected chi connectivity index (χ4v) is 2.20. The average molecular weight is 257 g/mol. The first-order chi connectivity index (χ1) is 8.20. The summed E-state index contributed by atoms with van der Waals surface area (Å²) in [6.45, 7) is 4.53. The van der Waals surface area contributed by atoms with Crippen molar-refractivity contribution in [3.63, 3.8) is 0 Å². The van der Waals surface area contributed by atoms with Crippen LogP contribution in [-0.2, 0) is 0 Å². The van der Waals surface area contributed by atoms with Crippen LogP contribution in [0.5, 0.6) is 0 Å². The summed E-state index contributed by atoms with van der Waals surface area (Å²) in [7, 11) is 0. The minimum atomic E-state index is 0.210. The Balaban J connectivity index is 2.00. The Kier molecular flexibility index (Phi) is 4.04. The lowest BCUT2D eigenvalue weighted by Crippen LogP contribution is -2.47. The minimum absolute atomic E-state index is 0.210. The second-order valence-corrected chi connectivity index (χ2v) is 4.56. The van der Waals surface area contributed by atoms with Crippen LogP contribution in [0.4, 0.5) is 11.5 Å². The number of aromatic nitrogens is 1. The molecule has 1 aromatic rings. The first kappa shape index (κ1) is 12.4. The van der Waals surface area contributed by atoms with Crippen LogP contribution >= 0.6 is 11.6 Å². The predicted molar refractivity (Wildman–Crippen MR) is 69.4 cm³/mol. The van der Waals surface area contributed by atoms with Crippen molar-refractivity contribution in [3.8, 4) is 0 Å². The highest BCUT2D eigenvalue weighted by molar-refractivity contribution is 6.30. The fourth-order valence-electron chi connectivity index (χ4n) is 2.04. The molecule has 2 rings (SSSR count). The topological polar surface area (TPSA) is 65.6 Å². The molecule has 5 nitrogen and oxygen atoms in total. The molecule has 0 atom stereocenters. The highest BCUT2D eigenvalue weighted by Gasteiger charge is 2.19. The number of pyridine rings is 1. The maximum atomic E-state index is 8.87. The molecule has 0 radical (unpaired) electrons. The van der Waals surface area contributed by atoms with Gasteiger partial charge in [-0.15, -0.1) is 0 Å². The van der Waals surface area contributed by atoms with Crippen LogP contribution in [0.25, 0.3) is 0 Å². The first-order valence-corrected chi connectivity index (χ1v) is 6.07. The number of piperazine rings is 1. The maximum Gasteiger partial charge on any atom is 0.151 e. The van der Waals surface area contributed by atoms with Crippen molar-refractivity contribution in [2.45, 2.75) is 0 Å². The number of aliphatic hydroxyl groups is 1. The SMILES string of the molecule is Nc1cc(Cl)cnc1N1CCN(CCO)CC1. The average Bonchev–Trinajstić information content (AvgIpc) is 2.31. The largest absolute Gasteiger partial charge is 0.396 e. The van der Waals surface area contributed by atoms with E-state index in [9.17, 15) is 0 Å². The highest BCUT2D eigenvalue weighted by atomic mass is 35.5. The van der Waals surface area contributed by atoms with Gasteiger partial charge in [0.2, 0.25) is 0 Å². The molecule has 1 saturated heterocycles. The summed E-state index contributed by atoms with van der Waals surface area (Å²) in [6.07, 6.45) is 1.62. The number of anilines is 2. The zero-order valence-electron chi connectivity index (χ0n) is 9.64. The van der Waals surface area contributed by atoms with E-state index in [4.69, 9.17) is 22.4 Å². The zero-order chi connectivity index (χ0) is 12.3. The van der Waals surface area contributed by atoms with Crippen LogP contribution < -0.4 is 10.6 Å². The smallest absolute Gasteiger partial charge is 0.151 e. The quantitative estimate of drug-likeness (QED) is 0.821. The van der Waals surface area contributed by atoms with Crippen molar-refractivity contribution in [1.29, 1.82) is 0 Å². The maximum absolute atomic E-state index is 8.87. The van der Waals surface area contributed by atoms with E-state index in [1.165, 1.54) is 0 Å². The molecule has 0 aliphatic carbocycles. The normalized spacial score (nSPS) is 17.4. The van der Waals surface area contributed by atoms with Crippen LogP contribution in [0.3, 0.4) is 0 Å². The van der Waals surface area contributed by atoms with Gasteiger partial charge in [0, 0.05) is 38.9 Å². The minimum Gasteiger partial charge on any atom is -0.396 e. The summed E-state index contributed by atoms with van der Waals surface area (Å²) in [6, 6.07) is 1.73. The van der Waals surface area contributed by atoms with Gasteiger partial charge in [0.05, 0.1) is 17.3 Å². The van der Waals surface area contributed by atoms with Crippen molar-refractivity contribution >= 4 is 23.1 Å². The summed E-state index contributed by atoms with van der Waals surface area (Å²) < 4.78 is 0. The van der Waals surface area contributed by atoms with Crippen molar-refractivity contribution in [2.24, 2.45) is 0 Å². The molecule has 1 aliphatic heterocycles. The number of aliphatic hydroxyl groups excluding tert-OH is 1. The molecule has 2 heterocycles. The molecular weight excluding hydrogens is 240 g/mol. The molecule has 1 fully saturated rings. The molecule has 0 aromatic carbocycles. The van der Waals surface area contributed by atoms with Crippen LogP contribution in [0.15, 0.2) is 12.3 Å². The number of β-amino-alcohol motifs (C(OH)–C–C–N with tert-alkyl or cyclic N) is 1.